The molecule has 1 atom stereocenters. The Balaban J connectivity index is 1.79. The van der Waals surface area contributed by atoms with Crippen LogP contribution in [0.15, 0.2) is 35.8 Å². The molecular weight excluding hydrogens is 288 g/mol. The first-order valence-corrected chi connectivity index (χ1v) is 7.51. The molecule has 108 valence electrons. The van der Waals surface area contributed by atoms with Gasteiger partial charge in [0.1, 0.15) is 0 Å². The molecule has 21 heavy (non-hydrogen) atoms. The predicted octanol–water partition coefficient (Wildman–Crippen LogP) is 2.24. The molecule has 1 aliphatic rings. The normalized spacial score (nSPS) is 18.2. The first-order valence-electron chi connectivity index (χ1n) is 6.63. The van der Waals surface area contributed by atoms with Gasteiger partial charge in [0.05, 0.1) is 28.5 Å². The van der Waals surface area contributed by atoms with Gasteiger partial charge in [0.15, 0.2) is 0 Å². The van der Waals surface area contributed by atoms with Crippen LogP contribution in [0.4, 0.5) is 0 Å². The summed E-state index contributed by atoms with van der Waals surface area (Å²) in [7, 11) is 0. The van der Waals surface area contributed by atoms with Crippen molar-refractivity contribution in [2.45, 2.75) is 13.0 Å². The van der Waals surface area contributed by atoms with E-state index in [1.165, 1.54) is 11.3 Å². The van der Waals surface area contributed by atoms with Gasteiger partial charge >= 0.3 is 5.97 Å². The number of nitrogens with zero attached hydrogens (tertiary/aromatic N) is 2. The highest BCUT2D eigenvalue weighted by molar-refractivity contribution is 7.10. The fourth-order valence-corrected chi connectivity index (χ4v) is 3.28. The highest BCUT2D eigenvalue weighted by Gasteiger charge is 2.34. The standard InChI is InChI=1S/C15H14N2O3S/c18-13-6-11(15(19)20)7-17(13)8-12-14(16-9-21-12)10-4-2-1-3-5-10/h1-5,9,11H,6-8H2,(H,19,20)/t11-/m0/s1. The quantitative estimate of drug-likeness (QED) is 0.940. The number of thiazole rings is 1. The summed E-state index contributed by atoms with van der Waals surface area (Å²) in [5.74, 6) is -1.60. The Morgan fingerprint density at radius 2 is 2.14 bits per heavy atom. The van der Waals surface area contributed by atoms with Gasteiger partial charge < -0.3 is 10.0 Å². The molecular formula is C15H14N2O3S. The van der Waals surface area contributed by atoms with Crippen molar-refractivity contribution in [2.75, 3.05) is 6.54 Å². The Morgan fingerprint density at radius 3 is 2.81 bits per heavy atom. The Bertz CT molecular complexity index is 669. The summed E-state index contributed by atoms with van der Waals surface area (Å²) in [6.45, 7) is 0.706. The smallest absolute Gasteiger partial charge is 0.308 e. The molecule has 0 bridgehead atoms. The zero-order valence-electron chi connectivity index (χ0n) is 11.2. The number of amides is 1. The molecule has 0 radical (unpaired) electrons. The summed E-state index contributed by atoms with van der Waals surface area (Å²) in [4.78, 5) is 29.9. The SMILES string of the molecule is O=C(O)[C@H]1CC(=O)N(Cc2scnc2-c2ccccc2)C1. The molecule has 1 aliphatic heterocycles. The van der Waals surface area contributed by atoms with Gasteiger partial charge in [-0.15, -0.1) is 11.3 Å². The van der Waals surface area contributed by atoms with Crippen LogP contribution in [-0.2, 0) is 16.1 Å². The molecule has 1 amide bonds. The Morgan fingerprint density at radius 1 is 1.38 bits per heavy atom. The zero-order chi connectivity index (χ0) is 14.8. The van der Waals surface area contributed by atoms with Crippen LogP contribution < -0.4 is 0 Å². The lowest BCUT2D eigenvalue weighted by Gasteiger charge is -2.15. The van der Waals surface area contributed by atoms with Gasteiger partial charge in [-0.05, 0) is 0 Å². The summed E-state index contributed by atoms with van der Waals surface area (Å²) < 4.78 is 0. The molecule has 1 aromatic heterocycles. The van der Waals surface area contributed by atoms with Crippen molar-refractivity contribution < 1.29 is 14.7 Å². The Labute approximate surface area is 125 Å². The van der Waals surface area contributed by atoms with E-state index in [4.69, 9.17) is 5.11 Å². The molecule has 3 rings (SSSR count). The average molecular weight is 302 g/mol. The average Bonchev–Trinajstić information content (AvgIpc) is 3.08. The highest BCUT2D eigenvalue weighted by Crippen LogP contribution is 2.28. The summed E-state index contributed by atoms with van der Waals surface area (Å²) in [6.07, 6.45) is 0.0921. The molecule has 2 aromatic rings. The van der Waals surface area contributed by atoms with Crippen LogP contribution in [0.25, 0.3) is 11.3 Å². The number of benzene rings is 1. The molecule has 0 spiro atoms. The van der Waals surface area contributed by atoms with Crippen molar-refractivity contribution in [3.63, 3.8) is 0 Å². The van der Waals surface area contributed by atoms with Crippen LogP contribution in [0.1, 0.15) is 11.3 Å². The molecule has 1 saturated heterocycles. The van der Waals surface area contributed by atoms with Crippen LogP contribution in [0, 0.1) is 5.92 Å². The van der Waals surface area contributed by atoms with Crippen molar-refractivity contribution in [3.05, 3.63) is 40.7 Å². The number of carboxylic acid groups (broad SMARTS) is 1. The molecule has 0 saturated carbocycles. The highest BCUT2D eigenvalue weighted by atomic mass is 32.1. The van der Waals surface area contributed by atoms with Crippen LogP contribution >= 0.6 is 11.3 Å². The number of hydrogen-bond acceptors (Lipinski definition) is 4. The molecule has 0 unspecified atom stereocenters. The lowest BCUT2D eigenvalue weighted by molar-refractivity contribution is -0.141. The van der Waals surface area contributed by atoms with Crippen molar-refractivity contribution in [3.8, 4) is 11.3 Å². The maximum atomic E-state index is 11.9. The zero-order valence-corrected chi connectivity index (χ0v) is 12.0. The van der Waals surface area contributed by atoms with Gasteiger partial charge in [-0.25, -0.2) is 4.98 Å². The van der Waals surface area contributed by atoms with E-state index in [1.54, 1.807) is 10.4 Å². The number of carboxylic acids is 1. The molecule has 1 aromatic carbocycles. The lowest BCUT2D eigenvalue weighted by atomic mass is 10.1. The predicted molar refractivity (Wildman–Crippen MR) is 78.7 cm³/mol. The third-order valence-corrected chi connectivity index (χ3v) is 4.40. The van der Waals surface area contributed by atoms with E-state index < -0.39 is 11.9 Å². The van der Waals surface area contributed by atoms with E-state index in [0.717, 1.165) is 16.1 Å². The monoisotopic (exact) mass is 302 g/mol. The maximum absolute atomic E-state index is 11.9. The lowest BCUT2D eigenvalue weighted by Crippen LogP contribution is -2.25. The van der Waals surface area contributed by atoms with E-state index in [-0.39, 0.29) is 18.9 Å². The van der Waals surface area contributed by atoms with Crippen molar-refractivity contribution in [1.82, 2.24) is 9.88 Å². The summed E-state index contributed by atoms with van der Waals surface area (Å²) >= 11 is 1.49. The van der Waals surface area contributed by atoms with Gasteiger partial charge in [0, 0.05) is 18.5 Å². The molecule has 1 fully saturated rings. The van der Waals surface area contributed by atoms with E-state index >= 15 is 0 Å². The third kappa shape index (κ3) is 2.80. The van der Waals surface area contributed by atoms with Crippen molar-refractivity contribution >= 4 is 23.2 Å². The fourth-order valence-electron chi connectivity index (χ4n) is 2.48. The van der Waals surface area contributed by atoms with Gasteiger partial charge in [0.2, 0.25) is 5.91 Å². The minimum atomic E-state index is -0.904. The topological polar surface area (TPSA) is 70.5 Å². The van der Waals surface area contributed by atoms with Crippen LogP contribution in [0.2, 0.25) is 0 Å². The second kappa shape index (κ2) is 5.65. The number of carbonyl (C=O) groups is 2. The van der Waals surface area contributed by atoms with Crippen LogP contribution in [0.3, 0.4) is 0 Å². The molecule has 6 heteroatoms. The molecule has 0 aliphatic carbocycles. The number of hydrogen-bond donors (Lipinski definition) is 1. The summed E-state index contributed by atoms with van der Waals surface area (Å²) in [6, 6.07) is 9.78. The van der Waals surface area contributed by atoms with E-state index in [9.17, 15) is 9.59 Å². The molecule has 1 N–H and O–H groups in total. The second-order valence-electron chi connectivity index (χ2n) is 5.00. The van der Waals surface area contributed by atoms with Crippen LogP contribution in [-0.4, -0.2) is 33.4 Å². The number of likely N-dealkylation sites (tertiary alicyclic amines) is 1. The Hall–Kier alpha value is -2.21. The summed E-state index contributed by atoms with van der Waals surface area (Å²) in [5.41, 5.74) is 3.63. The van der Waals surface area contributed by atoms with Crippen molar-refractivity contribution in [1.29, 1.82) is 0 Å². The number of carbonyl (C=O) groups excluding carboxylic acids is 1. The minimum absolute atomic E-state index is 0.0921. The largest absolute Gasteiger partial charge is 0.481 e. The fraction of sp³-hybridized carbons (Fsp3) is 0.267. The van der Waals surface area contributed by atoms with E-state index in [0.29, 0.717) is 6.54 Å². The molecule has 2 heterocycles. The first-order chi connectivity index (χ1) is 10.1. The van der Waals surface area contributed by atoms with E-state index in [2.05, 4.69) is 4.98 Å². The second-order valence-corrected chi connectivity index (χ2v) is 5.94. The van der Waals surface area contributed by atoms with Gasteiger partial charge in [-0.3, -0.25) is 9.59 Å². The minimum Gasteiger partial charge on any atom is -0.481 e. The number of aromatic nitrogens is 1. The van der Waals surface area contributed by atoms with Gasteiger partial charge in [-0.1, -0.05) is 30.3 Å². The van der Waals surface area contributed by atoms with E-state index in [1.807, 2.05) is 30.3 Å². The van der Waals surface area contributed by atoms with Gasteiger partial charge in [0.25, 0.3) is 0 Å². The Kier molecular flexibility index (Phi) is 3.70. The number of rotatable bonds is 4. The van der Waals surface area contributed by atoms with Crippen molar-refractivity contribution in [2.24, 2.45) is 5.92 Å². The van der Waals surface area contributed by atoms with Crippen LogP contribution in [0.5, 0.6) is 0 Å². The first kappa shape index (κ1) is 13.8. The summed E-state index contributed by atoms with van der Waals surface area (Å²) in [5, 5.41) is 9.02. The maximum Gasteiger partial charge on any atom is 0.308 e. The number of aliphatic carboxylic acids is 1. The van der Waals surface area contributed by atoms with Gasteiger partial charge in [-0.2, -0.15) is 0 Å². The third-order valence-electron chi connectivity index (χ3n) is 3.59. The molecule has 5 nitrogen and oxygen atoms in total.